The van der Waals surface area contributed by atoms with Gasteiger partial charge in [-0.1, -0.05) is 18.0 Å². The van der Waals surface area contributed by atoms with Crippen LogP contribution in [0.25, 0.3) is 0 Å². The first kappa shape index (κ1) is 18.9. The third-order valence-electron chi connectivity index (χ3n) is 5.95. The second-order valence-corrected chi connectivity index (χ2v) is 8.83. The molecule has 8 heteroatoms. The molecule has 2 aromatic rings. The van der Waals surface area contributed by atoms with Crippen LogP contribution in [0.3, 0.4) is 0 Å². The van der Waals surface area contributed by atoms with Crippen molar-refractivity contribution in [1.29, 1.82) is 0 Å². The fourth-order valence-corrected chi connectivity index (χ4v) is 4.26. The number of hydrogen-bond acceptors (Lipinski definition) is 5. The summed E-state index contributed by atoms with van der Waals surface area (Å²) in [4.78, 5) is 16.9. The van der Waals surface area contributed by atoms with Crippen molar-refractivity contribution in [3.63, 3.8) is 0 Å². The van der Waals surface area contributed by atoms with E-state index in [4.69, 9.17) is 16.3 Å². The van der Waals surface area contributed by atoms with Crippen LogP contribution in [0.4, 0.5) is 0 Å². The Bertz CT molecular complexity index is 900. The number of hydrogen-bond donors (Lipinski definition) is 1. The minimum absolute atomic E-state index is 0.169. The van der Waals surface area contributed by atoms with E-state index in [0.29, 0.717) is 35.0 Å². The molecule has 0 radical (unpaired) electrons. The molecule has 0 saturated heterocycles. The molecular weight excluding hydrogens is 390 g/mol. The van der Waals surface area contributed by atoms with Gasteiger partial charge in [0.1, 0.15) is 17.0 Å². The average molecular weight is 416 g/mol. The molecule has 0 aromatic carbocycles. The molecule has 1 N–H and O–H groups in total. The van der Waals surface area contributed by atoms with Crippen molar-refractivity contribution in [3.05, 3.63) is 34.5 Å². The van der Waals surface area contributed by atoms with E-state index in [1.54, 1.807) is 6.07 Å². The van der Waals surface area contributed by atoms with Crippen LogP contribution >= 0.6 is 11.6 Å². The van der Waals surface area contributed by atoms with Gasteiger partial charge in [-0.15, -0.1) is 10.2 Å². The van der Waals surface area contributed by atoms with Crippen LogP contribution in [0.5, 0.6) is 5.88 Å². The van der Waals surface area contributed by atoms with Crippen LogP contribution in [0.15, 0.2) is 12.3 Å². The van der Waals surface area contributed by atoms with Crippen LogP contribution in [-0.4, -0.2) is 31.8 Å². The SMILES string of the molecule is O=C(NCc1nnc(C2CC2)n1C1CC1)c1cnc(OC2CCCCC2)c(Cl)c1. The summed E-state index contributed by atoms with van der Waals surface area (Å²) in [5, 5.41) is 12.0. The summed E-state index contributed by atoms with van der Waals surface area (Å²) in [5.41, 5.74) is 0.422. The number of nitrogens with one attached hydrogen (secondary N) is 1. The highest BCUT2D eigenvalue weighted by molar-refractivity contribution is 6.32. The molecule has 0 spiro atoms. The Morgan fingerprint density at radius 2 is 1.93 bits per heavy atom. The van der Waals surface area contributed by atoms with E-state index in [1.165, 1.54) is 51.1 Å². The van der Waals surface area contributed by atoms with Gasteiger partial charge in [-0.25, -0.2) is 4.98 Å². The first-order valence-corrected chi connectivity index (χ1v) is 11.1. The lowest BCUT2D eigenvalue weighted by Gasteiger charge is -2.22. The molecule has 0 unspecified atom stereocenters. The van der Waals surface area contributed by atoms with E-state index in [1.807, 2.05) is 0 Å². The Balaban J connectivity index is 1.22. The van der Waals surface area contributed by atoms with Gasteiger partial charge in [0.2, 0.25) is 5.88 Å². The number of amides is 1. The number of aromatic nitrogens is 4. The van der Waals surface area contributed by atoms with Crippen molar-refractivity contribution in [1.82, 2.24) is 25.1 Å². The van der Waals surface area contributed by atoms with E-state index < -0.39 is 0 Å². The lowest BCUT2D eigenvalue weighted by molar-refractivity contribution is 0.0948. The summed E-state index contributed by atoms with van der Waals surface area (Å²) in [7, 11) is 0. The maximum Gasteiger partial charge on any atom is 0.253 e. The van der Waals surface area contributed by atoms with Crippen molar-refractivity contribution >= 4 is 17.5 Å². The van der Waals surface area contributed by atoms with Crippen molar-refractivity contribution in [2.45, 2.75) is 82.4 Å². The highest BCUT2D eigenvalue weighted by Gasteiger charge is 2.36. The predicted molar refractivity (Wildman–Crippen MR) is 108 cm³/mol. The van der Waals surface area contributed by atoms with Gasteiger partial charge in [0.25, 0.3) is 5.91 Å². The van der Waals surface area contributed by atoms with Gasteiger partial charge in [-0.05, 0) is 57.4 Å². The van der Waals surface area contributed by atoms with E-state index in [9.17, 15) is 4.79 Å². The smallest absolute Gasteiger partial charge is 0.253 e. The summed E-state index contributed by atoms with van der Waals surface area (Å²) < 4.78 is 8.17. The Labute approximate surface area is 175 Å². The van der Waals surface area contributed by atoms with Crippen LogP contribution in [0, 0.1) is 0 Å². The van der Waals surface area contributed by atoms with Crippen LogP contribution in [0.1, 0.15) is 91.8 Å². The molecule has 3 aliphatic rings. The minimum Gasteiger partial charge on any atom is -0.473 e. The van der Waals surface area contributed by atoms with Gasteiger partial charge in [0, 0.05) is 18.2 Å². The summed E-state index contributed by atoms with van der Waals surface area (Å²) >= 11 is 6.34. The van der Waals surface area contributed by atoms with Crippen molar-refractivity contribution in [2.24, 2.45) is 0 Å². The quantitative estimate of drug-likeness (QED) is 0.733. The molecule has 2 heterocycles. The summed E-state index contributed by atoms with van der Waals surface area (Å²) in [6.07, 6.45) is 12.1. The second kappa shape index (κ2) is 7.94. The molecule has 154 valence electrons. The molecule has 7 nitrogen and oxygen atoms in total. The third kappa shape index (κ3) is 4.25. The van der Waals surface area contributed by atoms with Gasteiger partial charge in [-0.2, -0.15) is 0 Å². The van der Waals surface area contributed by atoms with Crippen LogP contribution in [-0.2, 0) is 6.54 Å². The number of carbonyl (C=O) groups excluding carboxylic acids is 1. The lowest BCUT2D eigenvalue weighted by atomic mass is 9.98. The van der Waals surface area contributed by atoms with Crippen molar-refractivity contribution in [3.8, 4) is 5.88 Å². The summed E-state index contributed by atoms with van der Waals surface area (Å²) in [6.45, 7) is 0.354. The molecule has 0 aliphatic heterocycles. The minimum atomic E-state index is -0.220. The Hall–Kier alpha value is -2.15. The molecule has 1 amide bonds. The Kier molecular flexibility index (Phi) is 5.16. The zero-order valence-electron chi connectivity index (χ0n) is 16.4. The van der Waals surface area contributed by atoms with E-state index in [-0.39, 0.29) is 12.0 Å². The van der Waals surface area contributed by atoms with E-state index in [2.05, 4.69) is 25.1 Å². The first-order chi connectivity index (χ1) is 14.2. The summed E-state index contributed by atoms with van der Waals surface area (Å²) in [6, 6.07) is 2.13. The number of ether oxygens (including phenoxy) is 1. The highest BCUT2D eigenvalue weighted by Crippen LogP contribution is 2.44. The molecule has 0 bridgehead atoms. The molecule has 5 rings (SSSR count). The van der Waals surface area contributed by atoms with Crippen molar-refractivity contribution in [2.75, 3.05) is 0 Å². The molecule has 3 fully saturated rings. The van der Waals surface area contributed by atoms with Gasteiger partial charge < -0.3 is 14.6 Å². The zero-order valence-corrected chi connectivity index (χ0v) is 17.2. The topological polar surface area (TPSA) is 81.9 Å². The van der Waals surface area contributed by atoms with Gasteiger partial charge in [0.05, 0.1) is 12.1 Å². The highest BCUT2D eigenvalue weighted by atomic mass is 35.5. The van der Waals surface area contributed by atoms with E-state index >= 15 is 0 Å². The van der Waals surface area contributed by atoms with Crippen LogP contribution in [0.2, 0.25) is 5.02 Å². The van der Waals surface area contributed by atoms with Gasteiger partial charge >= 0.3 is 0 Å². The first-order valence-electron chi connectivity index (χ1n) is 10.7. The second-order valence-electron chi connectivity index (χ2n) is 8.42. The molecule has 29 heavy (non-hydrogen) atoms. The molecule has 2 aromatic heterocycles. The standard InChI is InChI=1S/C21H26ClN5O2/c22-17-10-14(11-24-21(17)29-16-4-2-1-3-5-16)20(28)23-12-18-25-26-19(13-6-7-13)27(18)15-8-9-15/h10-11,13,15-16H,1-9,12H2,(H,23,28). The fraction of sp³-hybridized carbons (Fsp3) is 0.619. The Morgan fingerprint density at radius 1 is 1.14 bits per heavy atom. The lowest BCUT2D eigenvalue weighted by Crippen LogP contribution is -2.25. The zero-order chi connectivity index (χ0) is 19.8. The number of nitrogens with zero attached hydrogens (tertiary/aromatic N) is 4. The van der Waals surface area contributed by atoms with Gasteiger partial charge in [0.15, 0.2) is 5.82 Å². The molecule has 0 atom stereocenters. The predicted octanol–water partition coefficient (Wildman–Crippen LogP) is 4.18. The van der Waals surface area contributed by atoms with Crippen molar-refractivity contribution < 1.29 is 9.53 Å². The maximum atomic E-state index is 12.6. The number of halogens is 1. The largest absolute Gasteiger partial charge is 0.473 e. The number of rotatable bonds is 7. The molecule has 3 aliphatic carbocycles. The molecular formula is C21H26ClN5O2. The summed E-state index contributed by atoms with van der Waals surface area (Å²) in [5.74, 6) is 2.66. The normalized spacial score (nSPS) is 19.9. The maximum absolute atomic E-state index is 12.6. The monoisotopic (exact) mass is 415 g/mol. The number of pyridine rings is 1. The van der Waals surface area contributed by atoms with Gasteiger partial charge in [-0.3, -0.25) is 4.79 Å². The third-order valence-corrected chi connectivity index (χ3v) is 6.23. The Morgan fingerprint density at radius 3 is 2.62 bits per heavy atom. The fourth-order valence-electron chi connectivity index (χ4n) is 4.05. The average Bonchev–Trinajstić information content (AvgIpc) is 3.67. The number of carbonyl (C=O) groups is 1. The molecule has 3 saturated carbocycles. The van der Waals surface area contributed by atoms with E-state index in [0.717, 1.165) is 24.5 Å². The van der Waals surface area contributed by atoms with Crippen LogP contribution < -0.4 is 10.1 Å².